The summed E-state index contributed by atoms with van der Waals surface area (Å²) in [5.41, 5.74) is 0.502. The third-order valence-corrected chi connectivity index (χ3v) is 5.70. The molecule has 0 aliphatic carbocycles. The van der Waals surface area contributed by atoms with Crippen molar-refractivity contribution in [2.24, 2.45) is 0 Å². The number of rotatable bonds is 6. The van der Waals surface area contributed by atoms with Gasteiger partial charge in [-0.2, -0.15) is 0 Å². The first-order chi connectivity index (χ1) is 13.0. The van der Waals surface area contributed by atoms with Crippen LogP contribution in [0.4, 0.5) is 0 Å². The molecule has 1 aromatic heterocycles. The zero-order valence-electron chi connectivity index (χ0n) is 15.7. The molecule has 1 amide bonds. The number of hydrogen-bond acceptors (Lipinski definition) is 5. The number of thioether (sulfide) groups is 1. The molecule has 142 valence electrons. The van der Waals surface area contributed by atoms with E-state index >= 15 is 0 Å². The Balaban J connectivity index is 2.15. The monoisotopic (exact) mass is 385 g/mol. The highest BCUT2D eigenvalue weighted by atomic mass is 32.2. The molecule has 1 N–H and O–H groups in total. The fourth-order valence-corrected chi connectivity index (χ4v) is 4.30. The average molecular weight is 385 g/mol. The molecular weight excluding hydrogens is 362 g/mol. The second kappa shape index (κ2) is 8.10. The van der Waals surface area contributed by atoms with Gasteiger partial charge < -0.3 is 10.0 Å². The molecule has 3 aromatic rings. The van der Waals surface area contributed by atoms with Crippen LogP contribution in [-0.2, 0) is 11.3 Å². The summed E-state index contributed by atoms with van der Waals surface area (Å²) in [6, 6.07) is 11.6. The third-order valence-electron chi connectivity index (χ3n) is 4.46. The van der Waals surface area contributed by atoms with E-state index in [1.165, 1.54) is 16.7 Å². The topological polar surface area (TPSA) is 75.4 Å². The molecular formula is C20H23N3O3S. The lowest BCUT2D eigenvalue weighted by atomic mass is 10.1. The summed E-state index contributed by atoms with van der Waals surface area (Å²) in [6.07, 6.45) is 0.303. The summed E-state index contributed by atoms with van der Waals surface area (Å²) in [4.78, 5) is 31.7. The van der Waals surface area contributed by atoms with Gasteiger partial charge in [0.1, 0.15) is 0 Å². The molecule has 2 aromatic carbocycles. The zero-order valence-corrected chi connectivity index (χ0v) is 16.5. The first-order valence-electron chi connectivity index (χ1n) is 8.88. The van der Waals surface area contributed by atoms with E-state index in [-0.39, 0.29) is 18.1 Å². The molecule has 0 saturated heterocycles. The lowest BCUT2D eigenvalue weighted by molar-refractivity contribution is -0.128. The Morgan fingerprint density at radius 1 is 1.26 bits per heavy atom. The Labute approximate surface area is 161 Å². The second-order valence-corrected chi connectivity index (χ2v) is 7.68. The van der Waals surface area contributed by atoms with Crippen LogP contribution in [0.1, 0.15) is 13.3 Å². The molecule has 0 aliphatic heterocycles. The van der Waals surface area contributed by atoms with Crippen molar-refractivity contribution in [1.82, 2.24) is 14.5 Å². The van der Waals surface area contributed by atoms with E-state index in [1.807, 2.05) is 43.3 Å². The van der Waals surface area contributed by atoms with Crippen molar-refractivity contribution in [3.8, 4) is 0 Å². The van der Waals surface area contributed by atoms with Crippen molar-refractivity contribution in [1.29, 1.82) is 0 Å². The van der Waals surface area contributed by atoms with E-state index in [9.17, 15) is 14.7 Å². The molecule has 0 radical (unpaired) electrons. The number of carbonyl (C=O) groups is 1. The Morgan fingerprint density at radius 2 is 1.93 bits per heavy atom. The Hall–Kier alpha value is -2.38. The normalized spacial score (nSPS) is 12.4. The van der Waals surface area contributed by atoms with Crippen LogP contribution in [-0.4, -0.2) is 51.4 Å². The van der Waals surface area contributed by atoms with E-state index in [4.69, 9.17) is 4.98 Å². The highest BCUT2D eigenvalue weighted by molar-refractivity contribution is 8.00. The largest absolute Gasteiger partial charge is 0.396 e. The Morgan fingerprint density at radius 3 is 2.52 bits per heavy atom. The maximum atomic E-state index is 13.0. The van der Waals surface area contributed by atoms with Gasteiger partial charge in [0.25, 0.3) is 5.56 Å². The van der Waals surface area contributed by atoms with Gasteiger partial charge in [-0.1, -0.05) is 36.0 Å². The van der Waals surface area contributed by atoms with Gasteiger partial charge in [0.15, 0.2) is 5.16 Å². The number of aliphatic hydroxyl groups is 1. The predicted molar refractivity (Wildman–Crippen MR) is 109 cm³/mol. The van der Waals surface area contributed by atoms with Crippen LogP contribution in [0.3, 0.4) is 0 Å². The number of hydrogen-bond donors (Lipinski definition) is 1. The van der Waals surface area contributed by atoms with Gasteiger partial charge >= 0.3 is 0 Å². The van der Waals surface area contributed by atoms with Gasteiger partial charge in [0.05, 0.1) is 16.2 Å². The number of aromatic nitrogens is 2. The highest BCUT2D eigenvalue weighted by Gasteiger charge is 2.24. The fourth-order valence-electron chi connectivity index (χ4n) is 3.02. The molecule has 0 fully saturated rings. The number of nitrogens with zero attached hydrogens (tertiary/aromatic N) is 3. The molecule has 1 atom stereocenters. The van der Waals surface area contributed by atoms with Crippen molar-refractivity contribution in [3.05, 3.63) is 46.8 Å². The molecule has 0 saturated carbocycles. The molecule has 0 spiro atoms. The fraction of sp³-hybridized carbons (Fsp3) is 0.350. The van der Waals surface area contributed by atoms with Crippen molar-refractivity contribution >= 4 is 39.3 Å². The number of amides is 1. The third kappa shape index (κ3) is 3.84. The predicted octanol–water partition coefficient (Wildman–Crippen LogP) is 2.50. The van der Waals surface area contributed by atoms with Crippen LogP contribution in [0.2, 0.25) is 0 Å². The van der Waals surface area contributed by atoms with Crippen LogP contribution < -0.4 is 5.56 Å². The standard InChI is InChI=1S/C20H23N3O3S/c1-4-23-18(25)15-11-13-7-5-6-8-14(13)12-16(15)21-20(23)27-17(9-10-24)19(26)22(2)3/h5-8,11-12,17,24H,4,9-10H2,1-3H3. The van der Waals surface area contributed by atoms with Crippen LogP contribution in [0.25, 0.3) is 21.7 Å². The lowest BCUT2D eigenvalue weighted by Crippen LogP contribution is -2.33. The molecule has 3 rings (SSSR count). The lowest BCUT2D eigenvalue weighted by Gasteiger charge is -2.20. The van der Waals surface area contributed by atoms with Gasteiger partial charge in [0.2, 0.25) is 5.91 Å². The van der Waals surface area contributed by atoms with Gasteiger partial charge in [-0.3, -0.25) is 14.2 Å². The van der Waals surface area contributed by atoms with Crippen LogP contribution in [0, 0.1) is 0 Å². The smallest absolute Gasteiger partial charge is 0.262 e. The summed E-state index contributed by atoms with van der Waals surface area (Å²) < 4.78 is 1.59. The van der Waals surface area contributed by atoms with E-state index in [0.717, 1.165) is 10.8 Å². The van der Waals surface area contributed by atoms with Gasteiger partial charge in [-0.05, 0) is 36.2 Å². The van der Waals surface area contributed by atoms with E-state index < -0.39 is 5.25 Å². The SMILES string of the molecule is CCn1c(SC(CCO)C(=O)N(C)C)nc2cc3ccccc3cc2c1=O. The quantitative estimate of drug-likeness (QED) is 0.401. The average Bonchev–Trinajstić information content (AvgIpc) is 2.66. The Kier molecular flexibility index (Phi) is 5.82. The first kappa shape index (κ1) is 19.4. The minimum atomic E-state index is -0.493. The first-order valence-corrected chi connectivity index (χ1v) is 9.76. The summed E-state index contributed by atoms with van der Waals surface area (Å²) in [5.74, 6) is -0.107. The number of benzene rings is 2. The number of fused-ring (bicyclic) bond motifs is 2. The van der Waals surface area contributed by atoms with E-state index in [1.54, 1.807) is 18.7 Å². The highest BCUT2D eigenvalue weighted by Crippen LogP contribution is 2.27. The van der Waals surface area contributed by atoms with Crippen molar-refractivity contribution < 1.29 is 9.90 Å². The van der Waals surface area contributed by atoms with Gasteiger partial charge in [0, 0.05) is 27.2 Å². The van der Waals surface area contributed by atoms with E-state index in [0.29, 0.717) is 29.0 Å². The van der Waals surface area contributed by atoms with Gasteiger partial charge in [-0.25, -0.2) is 4.98 Å². The maximum absolute atomic E-state index is 13.0. The number of carbonyl (C=O) groups excluding carboxylic acids is 1. The van der Waals surface area contributed by atoms with Crippen LogP contribution in [0.5, 0.6) is 0 Å². The summed E-state index contributed by atoms with van der Waals surface area (Å²) in [6.45, 7) is 2.24. The van der Waals surface area contributed by atoms with Crippen LogP contribution in [0.15, 0.2) is 46.3 Å². The minimum Gasteiger partial charge on any atom is -0.396 e. The molecule has 0 aliphatic rings. The summed E-state index contributed by atoms with van der Waals surface area (Å²) in [5, 5.41) is 11.9. The van der Waals surface area contributed by atoms with Crippen molar-refractivity contribution in [2.45, 2.75) is 30.3 Å². The maximum Gasteiger partial charge on any atom is 0.262 e. The molecule has 1 unspecified atom stereocenters. The van der Waals surface area contributed by atoms with Crippen molar-refractivity contribution in [3.63, 3.8) is 0 Å². The van der Waals surface area contributed by atoms with Gasteiger partial charge in [-0.15, -0.1) is 0 Å². The van der Waals surface area contributed by atoms with Crippen LogP contribution >= 0.6 is 11.8 Å². The Bertz CT molecular complexity index is 1050. The molecule has 0 bridgehead atoms. The van der Waals surface area contributed by atoms with Crippen molar-refractivity contribution in [2.75, 3.05) is 20.7 Å². The summed E-state index contributed by atoms with van der Waals surface area (Å²) >= 11 is 1.24. The zero-order chi connectivity index (χ0) is 19.6. The number of aliphatic hydroxyl groups excluding tert-OH is 1. The molecule has 1 heterocycles. The van der Waals surface area contributed by atoms with E-state index in [2.05, 4.69) is 0 Å². The second-order valence-electron chi connectivity index (χ2n) is 6.51. The minimum absolute atomic E-state index is 0.105. The molecule has 6 nitrogen and oxygen atoms in total. The summed E-state index contributed by atoms with van der Waals surface area (Å²) in [7, 11) is 3.36. The molecule has 27 heavy (non-hydrogen) atoms. The molecule has 7 heteroatoms.